The molecule has 1 atom stereocenters. The molecule has 7 nitrogen and oxygen atoms in total. The van der Waals surface area contributed by atoms with Gasteiger partial charge in [0.1, 0.15) is 12.6 Å². The van der Waals surface area contributed by atoms with Crippen LogP contribution in [0.15, 0.2) is 77.7 Å². The number of sulfonamides is 1. The second-order valence-electron chi connectivity index (χ2n) is 9.99. The molecule has 0 aliphatic heterocycles. The van der Waals surface area contributed by atoms with Gasteiger partial charge in [-0.1, -0.05) is 78.8 Å². The molecule has 0 bridgehead atoms. The Bertz CT molecular complexity index is 1460. The predicted octanol–water partition coefficient (Wildman–Crippen LogP) is 6.71. The zero-order chi connectivity index (χ0) is 29.6. The molecule has 2 amide bonds. The molecule has 0 unspecified atom stereocenters. The Balaban J connectivity index is 1.70. The summed E-state index contributed by atoms with van der Waals surface area (Å²) in [5.74, 6) is -0.800. The van der Waals surface area contributed by atoms with Crippen molar-refractivity contribution in [3.05, 3.63) is 93.4 Å². The largest absolute Gasteiger partial charge is 0.352 e. The molecule has 11 heteroatoms. The van der Waals surface area contributed by atoms with Crippen LogP contribution >= 0.6 is 34.8 Å². The number of carbonyl (C=O) groups excluding carboxylic acids is 2. The quantitative estimate of drug-likeness (QED) is 0.254. The van der Waals surface area contributed by atoms with Gasteiger partial charge < -0.3 is 10.2 Å². The van der Waals surface area contributed by atoms with Crippen molar-refractivity contribution < 1.29 is 18.0 Å². The lowest BCUT2D eigenvalue weighted by Crippen LogP contribution is -2.53. The summed E-state index contributed by atoms with van der Waals surface area (Å²) < 4.78 is 28.8. The predicted molar refractivity (Wildman–Crippen MR) is 164 cm³/mol. The molecule has 0 spiro atoms. The second-order valence-corrected chi connectivity index (χ2v) is 13.1. The first-order valence-electron chi connectivity index (χ1n) is 13.5. The number of halogens is 3. The number of rotatable bonds is 11. The summed E-state index contributed by atoms with van der Waals surface area (Å²) in [6.45, 7) is 1.34. The summed E-state index contributed by atoms with van der Waals surface area (Å²) in [6, 6.07) is 18.4. The first-order valence-corrected chi connectivity index (χ1v) is 16.0. The van der Waals surface area contributed by atoms with Gasteiger partial charge in [0.05, 0.1) is 20.6 Å². The minimum absolute atomic E-state index is 0.0133. The van der Waals surface area contributed by atoms with E-state index in [0.717, 1.165) is 30.0 Å². The molecule has 4 rings (SSSR count). The number of nitrogens with one attached hydrogen (secondary N) is 1. The average molecular weight is 637 g/mol. The highest BCUT2D eigenvalue weighted by atomic mass is 35.5. The van der Waals surface area contributed by atoms with Crippen molar-refractivity contribution in [3.8, 4) is 0 Å². The fourth-order valence-electron chi connectivity index (χ4n) is 4.98. The second kappa shape index (κ2) is 13.9. The number of hydrogen-bond acceptors (Lipinski definition) is 4. The van der Waals surface area contributed by atoms with E-state index in [1.807, 2.05) is 6.92 Å². The summed E-state index contributed by atoms with van der Waals surface area (Å²) in [7, 11) is -4.17. The summed E-state index contributed by atoms with van der Waals surface area (Å²) in [5, 5.41) is 4.16. The Morgan fingerprint density at radius 2 is 1.59 bits per heavy atom. The van der Waals surface area contributed by atoms with E-state index in [9.17, 15) is 18.0 Å². The van der Waals surface area contributed by atoms with E-state index < -0.39 is 28.5 Å². The number of nitrogens with zero attached hydrogens (tertiary/aromatic N) is 2. The minimum atomic E-state index is -4.17. The molecule has 3 aromatic rings. The molecule has 218 valence electrons. The van der Waals surface area contributed by atoms with Gasteiger partial charge in [-0.25, -0.2) is 8.42 Å². The van der Waals surface area contributed by atoms with Crippen LogP contribution in [-0.4, -0.2) is 43.8 Å². The van der Waals surface area contributed by atoms with Gasteiger partial charge in [0.25, 0.3) is 10.0 Å². The molecule has 1 aliphatic rings. The Hall–Kier alpha value is -2.78. The van der Waals surface area contributed by atoms with Gasteiger partial charge in [0, 0.05) is 17.6 Å². The number of hydrogen-bond donors (Lipinski definition) is 1. The van der Waals surface area contributed by atoms with Crippen LogP contribution in [0.1, 0.15) is 44.6 Å². The van der Waals surface area contributed by atoms with Crippen LogP contribution in [0.2, 0.25) is 15.1 Å². The summed E-state index contributed by atoms with van der Waals surface area (Å²) in [4.78, 5) is 29.0. The molecule has 0 aromatic heterocycles. The Morgan fingerprint density at radius 3 is 2.20 bits per heavy atom. The van der Waals surface area contributed by atoms with Crippen LogP contribution in [0.3, 0.4) is 0 Å². The van der Waals surface area contributed by atoms with Crippen LogP contribution in [0.4, 0.5) is 5.69 Å². The zero-order valence-corrected chi connectivity index (χ0v) is 25.7. The molecule has 1 N–H and O–H groups in total. The Morgan fingerprint density at radius 1 is 0.927 bits per heavy atom. The van der Waals surface area contributed by atoms with Crippen molar-refractivity contribution >= 4 is 62.3 Å². The van der Waals surface area contributed by atoms with Crippen molar-refractivity contribution in [2.75, 3.05) is 10.8 Å². The van der Waals surface area contributed by atoms with Crippen molar-refractivity contribution in [3.63, 3.8) is 0 Å². The van der Waals surface area contributed by atoms with E-state index in [0.29, 0.717) is 32.7 Å². The Labute approximate surface area is 256 Å². The lowest BCUT2D eigenvalue weighted by Gasteiger charge is -2.33. The number of anilines is 1. The fraction of sp³-hybridized carbons (Fsp3) is 0.333. The maximum atomic E-state index is 14.1. The molecule has 0 saturated heterocycles. The average Bonchev–Trinajstić information content (AvgIpc) is 3.47. The molecule has 0 radical (unpaired) electrons. The molecule has 1 aliphatic carbocycles. The van der Waals surface area contributed by atoms with E-state index in [4.69, 9.17) is 34.8 Å². The van der Waals surface area contributed by atoms with Crippen molar-refractivity contribution in [1.82, 2.24) is 10.2 Å². The molecule has 3 aromatic carbocycles. The van der Waals surface area contributed by atoms with Crippen LogP contribution in [0, 0.1) is 0 Å². The third-order valence-corrected chi connectivity index (χ3v) is 9.93. The van der Waals surface area contributed by atoms with Gasteiger partial charge in [0.15, 0.2) is 0 Å². The maximum absolute atomic E-state index is 14.1. The van der Waals surface area contributed by atoms with Crippen molar-refractivity contribution in [1.29, 1.82) is 0 Å². The highest BCUT2D eigenvalue weighted by Crippen LogP contribution is 2.27. The molecule has 0 heterocycles. The monoisotopic (exact) mass is 635 g/mol. The van der Waals surface area contributed by atoms with E-state index in [1.165, 1.54) is 29.2 Å². The highest BCUT2D eigenvalue weighted by Gasteiger charge is 2.34. The fourth-order valence-corrected chi connectivity index (χ4v) is 6.84. The number of benzene rings is 3. The van der Waals surface area contributed by atoms with E-state index in [2.05, 4.69) is 5.32 Å². The van der Waals surface area contributed by atoms with Gasteiger partial charge in [-0.2, -0.15) is 0 Å². The van der Waals surface area contributed by atoms with E-state index in [-0.39, 0.29) is 23.4 Å². The highest BCUT2D eigenvalue weighted by molar-refractivity contribution is 7.92. The molecular formula is C30H32Cl3N3O4S. The van der Waals surface area contributed by atoms with Crippen molar-refractivity contribution in [2.45, 2.75) is 62.6 Å². The first kappa shape index (κ1) is 31.2. The summed E-state index contributed by atoms with van der Waals surface area (Å²) in [5.41, 5.74) is 0.973. The Kier molecular flexibility index (Phi) is 10.6. The number of carbonyl (C=O) groups is 2. The first-order chi connectivity index (χ1) is 19.6. The smallest absolute Gasteiger partial charge is 0.264 e. The molecule has 1 saturated carbocycles. The standard InChI is InChI=1S/C30H32Cl3N3O4S/c1-2-28(30(38)34-23-8-6-7-9-23)35(19-21-12-17-26(32)27(33)18-21)29(37)20-36(24-10-4-3-5-11-24)41(39,40)25-15-13-22(31)14-16-25/h3-5,10-18,23,28H,2,6-9,19-20H2,1H3,(H,34,38)/t28-/m0/s1. The van der Waals surface area contributed by atoms with Crippen LogP contribution < -0.4 is 9.62 Å². The zero-order valence-electron chi connectivity index (χ0n) is 22.6. The number of amides is 2. The van der Waals surface area contributed by atoms with Gasteiger partial charge in [0.2, 0.25) is 11.8 Å². The molecular weight excluding hydrogens is 605 g/mol. The van der Waals surface area contributed by atoms with Crippen LogP contribution in [0.5, 0.6) is 0 Å². The summed E-state index contributed by atoms with van der Waals surface area (Å²) in [6.07, 6.45) is 4.21. The molecule has 41 heavy (non-hydrogen) atoms. The molecule has 1 fully saturated rings. The SMILES string of the molecule is CC[C@@H](C(=O)NC1CCCC1)N(Cc1ccc(Cl)c(Cl)c1)C(=O)CN(c1ccccc1)S(=O)(=O)c1ccc(Cl)cc1. The van der Waals surface area contributed by atoms with Gasteiger partial charge in [-0.15, -0.1) is 0 Å². The van der Waals surface area contributed by atoms with Crippen molar-refractivity contribution in [2.24, 2.45) is 0 Å². The van der Waals surface area contributed by atoms with Gasteiger partial charge >= 0.3 is 0 Å². The maximum Gasteiger partial charge on any atom is 0.264 e. The van der Waals surface area contributed by atoms with Crippen LogP contribution in [-0.2, 0) is 26.2 Å². The third kappa shape index (κ3) is 7.74. The lowest BCUT2D eigenvalue weighted by molar-refractivity contribution is -0.140. The minimum Gasteiger partial charge on any atom is -0.352 e. The third-order valence-electron chi connectivity index (χ3n) is 7.15. The van der Waals surface area contributed by atoms with Gasteiger partial charge in [-0.05, 0) is 73.4 Å². The van der Waals surface area contributed by atoms with E-state index in [1.54, 1.807) is 48.5 Å². The van der Waals surface area contributed by atoms with Crippen LogP contribution in [0.25, 0.3) is 0 Å². The normalized spacial score (nSPS) is 14.4. The number of para-hydroxylation sites is 1. The summed E-state index contributed by atoms with van der Waals surface area (Å²) >= 11 is 18.4. The van der Waals surface area contributed by atoms with E-state index >= 15 is 0 Å². The lowest BCUT2D eigenvalue weighted by atomic mass is 10.1. The van der Waals surface area contributed by atoms with Gasteiger partial charge in [-0.3, -0.25) is 13.9 Å². The topological polar surface area (TPSA) is 86.8 Å².